The Bertz CT molecular complexity index is 932. The van der Waals surface area contributed by atoms with E-state index in [4.69, 9.17) is 5.73 Å². The summed E-state index contributed by atoms with van der Waals surface area (Å²) in [6, 6.07) is 8.85. The van der Waals surface area contributed by atoms with Crippen LogP contribution in [0.2, 0.25) is 0 Å². The van der Waals surface area contributed by atoms with E-state index in [1.54, 1.807) is 22.9 Å². The molecule has 4 N–H and O–H groups in total. The van der Waals surface area contributed by atoms with Crippen molar-refractivity contribution >= 4 is 5.82 Å². The molecular weight excluding hydrogens is 340 g/mol. The molecule has 2 aromatic heterocycles. The fourth-order valence-corrected chi connectivity index (χ4v) is 3.72. The molecule has 0 saturated carbocycles. The molecule has 0 amide bonds. The number of phenolic OH excluding ortho intramolecular Hbond substituents is 1. The van der Waals surface area contributed by atoms with Crippen LogP contribution in [0.4, 0.5) is 5.82 Å². The Hall–Kier alpha value is -2.93. The summed E-state index contributed by atoms with van der Waals surface area (Å²) in [4.78, 5) is 0. The maximum atomic E-state index is 10.1. The van der Waals surface area contributed by atoms with Crippen molar-refractivity contribution in [3.05, 3.63) is 48.3 Å². The highest BCUT2D eigenvalue weighted by molar-refractivity contribution is 5.70. The largest absolute Gasteiger partial charge is 0.507 e. The van der Waals surface area contributed by atoms with Gasteiger partial charge in [0.05, 0.1) is 11.9 Å². The second-order valence-corrected chi connectivity index (χ2v) is 7.11. The van der Waals surface area contributed by atoms with E-state index < -0.39 is 0 Å². The van der Waals surface area contributed by atoms with Crippen molar-refractivity contribution in [2.24, 2.45) is 5.92 Å². The number of piperidine rings is 1. The number of nitrogens with two attached hydrogens (primary N) is 1. The molecule has 0 spiro atoms. The van der Waals surface area contributed by atoms with E-state index in [1.807, 2.05) is 24.5 Å². The van der Waals surface area contributed by atoms with Crippen molar-refractivity contribution in [3.8, 4) is 22.7 Å². The molecule has 3 aromatic rings. The van der Waals surface area contributed by atoms with E-state index in [-0.39, 0.29) is 5.75 Å². The summed E-state index contributed by atoms with van der Waals surface area (Å²) in [7, 11) is 0. The van der Waals surface area contributed by atoms with E-state index in [1.165, 1.54) is 18.4 Å². The van der Waals surface area contributed by atoms with Gasteiger partial charge in [0.2, 0.25) is 0 Å². The molecule has 0 aliphatic carbocycles. The minimum atomic E-state index is 0.156. The van der Waals surface area contributed by atoms with Crippen LogP contribution in [-0.2, 0) is 0 Å². The molecule has 27 heavy (non-hydrogen) atoms. The van der Waals surface area contributed by atoms with Gasteiger partial charge in [0, 0.05) is 11.8 Å². The summed E-state index contributed by atoms with van der Waals surface area (Å²) in [6.07, 6.45) is 6.30. The first-order chi connectivity index (χ1) is 13.1. The van der Waals surface area contributed by atoms with Crippen molar-refractivity contribution in [2.45, 2.75) is 25.7 Å². The maximum absolute atomic E-state index is 10.1. The van der Waals surface area contributed by atoms with Crippen molar-refractivity contribution in [3.63, 3.8) is 0 Å². The molecule has 1 aromatic carbocycles. The molecule has 1 fully saturated rings. The van der Waals surface area contributed by atoms with Gasteiger partial charge in [-0.1, -0.05) is 19.1 Å². The Morgan fingerprint density at radius 1 is 1.22 bits per heavy atom. The number of benzene rings is 1. The summed E-state index contributed by atoms with van der Waals surface area (Å²) in [5.74, 6) is 1.56. The number of nitrogens with zero attached hydrogens (tertiary/aromatic N) is 4. The van der Waals surface area contributed by atoms with Crippen molar-refractivity contribution < 1.29 is 5.11 Å². The Balaban J connectivity index is 1.65. The highest BCUT2D eigenvalue weighted by atomic mass is 16.3. The lowest BCUT2D eigenvalue weighted by Crippen LogP contribution is -2.30. The fraction of sp³-hybridized carbons (Fsp3) is 0.350. The van der Waals surface area contributed by atoms with Gasteiger partial charge in [-0.15, -0.1) is 10.2 Å². The molecule has 7 nitrogen and oxygen atoms in total. The molecule has 0 radical (unpaired) electrons. The van der Waals surface area contributed by atoms with Crippen molar-refractivity contribution in [1.82, 2.24) is 25.3 Å². The van der Waals surface area contributed by atoms with Gasteiger partial charge in [-0.2, -0.15) is 5.10 Å². The zero-order valence-electron chi connectivity index (χ0n) is 15.3. The summed E-state index contributed by atoms with van der Waals surface area (Å²) < 4.78 is 1.75. The number of anilines is 1. The number of hydrogen-bond donors (Lipinski definition) is 3. The van der Waals surface area contributed by atoms with Crippen LogP contribution in [0.25, 0.3) is 16.9 Å². The number of nitrogen functional groups attached to an aromatic ring is 1. The van der Waals surface area contributed by atoms with Crippen LogP contribution >= 0.6 is 0 Å². The van der Waals surface area contributed by atoms with Gasteiger partial charge in [0.15, 0.2) is 5.82 Å². The molecular formula is C20H24N6O. The summed E-state index contributed by atoms with van der Waals surface area (Å²) in [5.41, 5.74) is 9.09. The van der Waals surface area contributed by atoms with Crippen LogP contribution in [-0.4, -0.2) is 38.2 Å². The van der Waals surface area contributed by atoms with Crippen LogP contribution in [0, 0.1) is 5.92 Å². The number of hydrogen-bond acceptors (Lipinski definition) is 6. The van der Waals surface area contributed by atoms with Gasteiger partial charge in [0.1, 0.15) is 11.4 Å². The Morgan fingerprint density at radius 3 is 2.78 bits per heavy atom. The second-order valence-electron chi connectivity index (χ2n) is 7.11. The van der Waals surface area contributed by atoms with E-state index in [2.05, 4.69) is 27.5 Å². The zero-order chi connectivity index (χ0) is 18.8. The normalized spacial score (nSPS) is 16.3. The molecule has 1 atom stereocenters. The first-order valence-corrected chi connectivity index (χ1v) is 9.30. The molecule has 4 rings (SSSR count). The maximum Gasteiger partial charge on any atom is 0.172 e. The highest BCUT2D eigenvalue weighted by Crippen LogP contribution is 2.32. The van der Waals surface area contributed by atoms with E-state index in [0.717, 1.165) is 13.1 Å². The molecule has 0 bridgehead atoms. The molecule has 1 aliphatic rings. The number of rotatable bonds is 4. The molecule has 140 valence electrons. The number of aromatic hydroxyl groups is 1. The van der Waals surface area contributed by atoms with E-state index in [9.17, 15) is 5.11 Å². The third kappa shape index (κ3) is 3.50. The van der Waals surface area contributed by atoms with Gasteiger partial charge >= 0.3 is 0 Å². The van der Waals surface area contributed by atoms with Gasteiger partial charge in [-0.05, 0) is 61.5 Å². The second kappa shape index (κ2) is 7.36. The van der Waals surface area contributed by atoms with Crippen LogP contribution < -0.4 is 11.1 Å². The first kappa shape index (κ1) is 17.5. The number of aromatic nitrogens is 4. The van der Waals surface area contributed by atoms with Crippen LogP contribution in [0.5, 0.6) is 5.75 Å². The number of nitrogens with one attached hydrogen (secondary N) is 1. The van der Waals surface area contributed by atoms with E-state index >= 15 is 0 Å². The lowest BCUT2D eigenvalue weighted by atomic mass is 9.83. The fourth-order valence-electron chi connectivity index (χ4n) is 3.72. The van der Waals surface area contributed by atoms with E-state index in [0.29, 0.717) is 34.6 Å². The summed E-state index contributed by atoms with van der Waals surface area (Å²) in [5, 5.41) is 26.2. The monoisotopic (exact) mass is 364 g/mol. The number of para-hydroxylation sites is 1. The highest BCUT2D eigenvalue weighted by Gasteiger charge is 2.22. The topological polar surface area (TPSA) is 102 Å². The average molecular weight is 364 g/mol. The lowest BCUT2D eigenvalue weighted by molar-refractivity contribution is 0.330. The molecule has 0 unspecified atom stereocenters. The molecule has 7 heteroatoms. The summed E-state index contributed by atoms with van der Waals surface area (Å²) in [6.45, 7) is 4.42. The first-order valence-electron chi connectivity index (χ1n) is 9.30. The Labute approximate surface area is 158 Å². The molecule has 1 aliphatic heterocycles. The van der Waals surface area contributed by atoms with Gasteiger partial charge in [0.25, 0.3) is 0 Å². The third-order valence-corrected chi connectivity index (χ3v) is 5.45. The lowest BCUT2D eigenvalue weighted by Gasteiger charge is -2.27. The van der Waals surface area contributed by atoms with Gasteiger partial charge < -0.3 is 16.2 Å². The van der Waals surface area contributed by atoms with Crippen LogP contribution in [0.1, 0.15) is 31.2 Å². The molecule has 1 saturated heterocycles. The third-order valence-electron chi connectivity index (χ3n) is 5.45. The smallest absolute Gasteiger partial charge is 0.172 e. The van der Waals surface area contributed by atoms with Crippen molar-refractivity contribution in [1.29, 1.82) is 0 Å². The number of phenols is 1. The summed E-state index contributed by atoms with van der Waals surface area (Å²) >= 11 is 0. The average Bonchev–Trinajstić information content (AvgIpc) is 3.19. The predicted octanol–water partition coefficient (Wildman–Crippen LogP) is 2.72. The predicted molar refractivity (Wildman–Crippen MR) is 105 cm³/mol. The minimum Gasteiger partial charge on any atom is -0.507 e. The minimum absolute atomic E-state index is 0.156. The van der Waals surface area contributed by atoms with Gasteiger partial charge in [-0.3, -0.25) is 0 Å². The van der Waals surface area contributed by atoms with Crippen LogP contribution in [0.15, 0.2) is 42.7 Å². The Kier molecular flexibility index (Phi) is 4.77. The zero-order valence-corrected chi connectivity index (χ0v) is 15.3. The van der Waals surface area contributed by atoms with Crippen molar-refractivity contribution in [2.75, 3.05) is 18.8 Å². The van der Waals surface area contributed by atoms with Crippen LogP contribution in [0.3, 0.4) is 0 Å². The molecule has 3 heterocycles. The quantitative estimate of drug-likeness (QED) is 0.658. The SMILES string of the molecule is C[C@H](c1cnn(-c2cc(-c3ccccc3O)nnc2N)c1)C1CCNCC1. The van der Waals surface area contributed by atoms with Gasteiger partial charge in [-0.25, -0.2) is 4.68 Å². The standard InChI is InChI=1S/C20H24N6O/c1-13(14-6-8-22-9-7-14)15-11-23-26(12-15)18-10-17(24-25-20(18)21)16-4-2-3-5-19(16)27/h2-5,10-14,22,27H,6-9H2,1H3,(H2,21,25)/t13-/m0/s1. The Morgan fingerprint density at radius 2 is 2.00 bits per heavy atom.